The van der Waals surface area contributed by atoms with Crippen molar-refractivity contribution >= 4 is 23.6 Å². The van der Waals surface area contributed by atoms with Crippen LogP contribution in [0.25, 0.3) is 0 Å². The quantitative estimate of drug-likeness (QED) is 0.828. The van der Waals surface area contributed by atoms with Crippen LogP contribution in [0.2, 0.25) is 0 Å². The molecule has 4 rings (SSSR count). The Morgan fingerprint density at radius 3 is 2.73 bits per heavy atom. The number of fused-ring (bicyclic) bond motifs is 1. The fraction of sp³-hybridized carbons (Fsp3) is 0.471. The Balaban J connectivity index is 1.70. The number of hydrogen-bond acceptors (Lipinski definition) is 8. The molecule has 0 saturated carbocycles. The molecule has 1 amide bonds. The molecule has 3 N–H and O–H groups in total. The van der Waals surface area contributed by atoms with E-state index in [0.717, 1.165) is 37.2 Å². The lowest BCUT2D eigenvalue weighted by Crippen LogP contribution is -2.36. The summed E-state index contributed by atoms with van der Waals surface area (Å²) in [5.41, 5.74) is 8.04. The molecule has 0 unspecified atom stereocenters. The Morgan fingerprint density at radius 1 is 1.19 bits per heavy atom. The fourth-order valence-electron chi connectivity index (χ4n) is 3.46. The van der Waals surface area contributed by atoms with Crippen molar-refractivity contribution in [1.29, 1.82) is 0 Å². The van der Waals surface area contributed by atoms with Crippen molar-refractivity contribution in [1.82, 2.24) is 24.8 Å². The summed E-state index contributed by atoms with van der Waals surface area (Å²) in [5.74, 6) is 1.46. The summed E-state index contributed by atoms with van der Waals surface area (Å²) >= 11 is 0. The van der Waals surface area contributed by atoms with Gasteiger partial charge in [-0.25, -0.2) is 15.0 Å². The normalized spacial score (nSPS) is 16.5. The molecule has 2 aliphatic heterocycles. The van der Waals surface area contributed by atoms with Crippen LogP contribution in [-0.4, -0.2) is 57.4 Å². The average molecular weight is 354 g/mol. The molecular weight excluding hydrogens is 332 g/mol. The van der Waals surface area contributed by atoms with Gasteiger partial charge in [0.25, 0.3) is 5.91 Å². The standard InChI is InChI=1S/C17H22N8O/c1-19-16-21-12-5-9-25(17-20-6-4-13(18)22-17)10-11(12)14(23-16)15(26)24-7-2-3-8-24/h4,6H,2-3,5,7-10H2,1H3,(H2,18,20,22)(H,19,21,23). The van der Waals surface area contributed by atoms with Gasteiger partial charge >= 0.3 is 0 Å². The molecule has 0 radical (unpaired) electrons. The molecule has 0 atom stereocenters. The van der Waals surface area contributed by atoms with Crippen molar-refractivity contribution in [2.45, 2.75) is 25.8 Å². The zero-order chi connectivity index (χ0) is 18.1. The monoisotopic (exact) mass is 354 g/mol. The van der Waals surface area contributed by atoms with E-state index in [-0.39, 0.29) is 5.91 Å². The van der Waals surface area contributed by atoms with Crippen molar-refractivity contribution < 1.29 is 4.79 Å². The number of anilines is 3. The fourth-order valence-corrected chi connectivity index (χ4v) is 3.46. The average Bonchev–Trinajstić information content (AvgIpc) is 3.21. The number of aromatic nitrogens is 4. The smallest absolute Gasteiger partial charge is 0.273 e. The Morgan fingerprint density at radius 2 is 2.00 bits per heavy atom. The number of hydrogen-bond donors (Lipinski definition) is 2. The molecule has 4 heterocycles. The van der Waals surface area contributed by atoms with Crippen LogP contribution in [0.15, 0.2) is 12.3 Å². The number of rotatable bonds is 3. The van der Waals surface area contributed by atoms with E-state index in [9.17, 15) is 4.79 Å². The van der Waals surface area contributed by atoms with E-state index in [1.165, 1.54) is 0 Å². The lowest BCUT2D eigenvalue weighted by atomic mass is 10.0. The molecule has 1 fully saturated rings. The minimum atomic E-state index is -0.0204. The molecule has 2 aromatic rings. The van der Waals surface area contributed by atoms with Crippen molar-refractivity contribution in [3.63, 3.8) is 0 Å². The van der Waals surface area contributed by atoms with Crippen LogP contribution in [0.4, 0.5) is 17.7 Å². The van der Waals surface area contributed by atoms with Crippen LogP contribution in [0.1, 0.15) is 34.6 Å². The summed E-state index contributed by atoms with van der Waals surface area (Å²) in [5, 5.41) is 2.97. The van der Waals surface area contributed by atoms with Gasteiger partial charge in [0.2, 0.25) is 11.9 Å². The van der Waals surface area contributed by atoms with E-state index < -0.39 is 0 Å². The number of carbonyl (C=O) groups is 1. The number of carbonyl (C=O) groups excluding carboxylic acids is 1. The van der Waals surface area contributed by atoms with Gasteiger partial charge in [-0.2, -0.15) is 4.98 Å². The van der Waals surface area contributed by atoms with E-state index in [0.29, 0.717) is 42.9 Å². The number of likely N-dealkylation sites (tertiary alicyclic amines) is 1. The largest absolute Gasteiger partial charge is 0.384 e. The van der Waals surface area contributed by atoms with Crippen LogP contribution < -0.4 is 16.0 Å². The van der Waals surface area contributed by atoms with Gasteiger partial charge in [0.1, 0.15) is 11.5 Å². The summed E-state index contributed by atoms with van der Waals surface area (Å²) < 4.78 is 0. The van der Waals surface area contributed by atoms with Crippen LogP contribution >= 0.6 is 0 Å². The highest BCUT2D eigenvalue weighted by Gasteiger charge is 2.30. The van der Waals surface area contributed by atoms with Crippen molar-refractivity contribution in [2.75, 3.05) is 42.6 Å². The first-order valence-corrected chi connectivity index (χ1v) is 8.86. The predicted octanol–water partition coefficient (Wildman–Crippen LogP) is 0.689. The third-order valence-corrected chi connectivity index (χ3v) is 4.83. The van der Waals surface area contributed by atoms with Crippen LogP contribution in [0, 0.1) is 0 Å². The maximum Gasteiger partial charge on any atom is 0.273 e. The van der Waals surface area contributed by atoms with Crippen LogP contribution in [0.5, 0.6) is 0 Å². The Bertz CT molecular complexity index is 834. The SMILES string of the molecule is CNc1nc2c(c(C(=O)N3CCCC3)n1)CN(c1nccc(N)n1)CC2. The molecule has 0 aliphatic carbocycles. The number of nitrogen functional groups attached to an aromatic ring is 1. The highest BCUT2D eigenvalue weighted by Crippen LogP contribution is 2.26. The maximum absolute atomic E-state index is 13.0. The van der Waals surface area contributed by atoms with Gasteiger partial charge in [0.15, 0.2) is 0 Å². The molecule has 26 heavy (non-hydrogen) atoms. The molecule has 2 aromatic heterocycles. The van der Waals surface area contributed by atoms with E-state index in [1.807, 2.05) is 9.80 Å². The minimum absolute atomic E-state index is 0.0204. The zero-order valence-corrected chi connectivity index (χ0v) is 14.8. The summed E-state index contributed by atoms with van der Waals surface area (Å²) in [6.07, 6.45) is 4.43. The second-order valence-corrected chi connectivity index (χ2v) is 6.52. The summed E-state index contributed by atoms with van der Waals surface area (Å²) in [6.45, 7) is 2.79. The number of nitrogens with two attached hydrogens (primary N) is 1. The second-order valence-electron chi connectivity index (χ2n) is 6.52. The van der Waals surface area contributed by atoms with Crippen molar-refractivity contribution in [3.05, 3.63) is 29.2 Å². The highest BCUT2D eigenvalue weighted by molar-refractivity contribution is 5.94. The van der Waals surface area contributed by atoms with Gasteiger partial charge in [-0.05, 0) is 18.9 Å². The third-order valence-electron chi connectivity index (χ3n) is 4.83. The van der Waals surface area contributed by atoms with Crippen LogP contribution in [0.3, 0.4) is 0 Å². The Kier molecular flexibility index (Phi) is 4.27. The van der Waals surface area contributed by atoms with Gasteiger partial charge in [0, 0.05) is 44.9 Å². The number of amides is 1. The lowest BCUT2D eigenvalue weighted by Gasteiger charge is -2.30. The number of nitrogens with one attached hydrogen (secondary N) is 1. The molecule has 136 valence electrons. The molecule has 0 bridgehead atoms. The Hall–Kier alpha value is -2.97. The molecule has 9 nitrogen and oxygen atoms in total. The molecular formula is C17H22N8O. The predicted molar refractivity (Wildman–Crippen MR) is 97.9 cm³/mol. The second kappa shape index (κ2) is 6.74. The molecule has 0 aromatic carbocycles. The van der Waals surface area contributed by atoms with E-state index in [1.54, 1.807) is 19.3 Å². The molecule has 1 saturated heterocycles. The van der Waals surface area contributed by atoms with Crippen LogP contribution in [-0.2, 0) is 13.0 Å². The first-order chi connectivity index (χ1) is 12.7. The summed E-state index contributed by atoms with van der Waals surface area (Å²) in [6, 6.07) is 1.66. The number of nitrogens with zero attached hydrogens (tertiary/aromatic N) is 6. The first kappa shape index (κ1) is 16.5. The Labute approximate surface area is 151 Å². The van der Waals surface area contributed by atoms with Crippen molar-refractivity contribution in [3.8, 4) is 0 Å². The molecule has 0 spiro atoms. The van der Waals surface area contributed by atoms with Gasteiger partial charge in [0.05, 0.1) is 12.2 Å². The van der Waals surface area contributed by atoms with Gasteiger partial charge in [-0.15, -0.1) is 0 Å². The van der Waals surface area contributed by atoms with Gasteiger partial charge in [-0.3, -0.25) is 4.79 Å². The van der Waals surface area contributed by atoms with E-state index in [4.69, 9.17) is 5.73 Å². The zero-order valence-electron chi connectivity index (χ0n) is 14.8. The third kappa shape index (κ3) is 3.00. The summed E-state index contributed by atoms with van der Waals surface area (Å²) in [4.78, 5) is 34.6. The first-order valence-electron chi connectivity index (χ1n) is 8.86. The topological polar surface area (TPSA) is 113 Å². The van der Waals surface area contributed by atoms with E-state index >= 15 is 0 Å². The maximum atomic E-state index is 13.0. The minimum Gasteiger partial charge on any atom is -0.384 e. The molecule has 2 aliphatic rings. The summed E-state index contributed by atoms with van der Waals surface area (Å²) in [7, 11) is 1.77. The molecule has 9 heteroatoms. The van der Waals surface area contributed by atoms with Gasteiger partial charge < -0.3 is 20.9 Å². The van der Waals surface area contributed by atoms with Crippen molar-refractivity contribution in [2.24, 2.45) is 0 Å². The van der Waals surface area contributed by atoms with Gasteiger partial charge in [-0.1, -0.05) is 0 Å². The van der Waals surface area contributed by atoms with E-state index in [2.05, 4.69) is 25.3 Å². The highest BCUT2D eigenvalue weighted by atomic mass is 16.2. The lowest BCUT2D eigenvalue weighted by molar-refractivity contribution is 0.0785.